The van der Waals surface area contributed by atoms with Gasteiger partial charge in [0.15, 0.2) is 5.78 Å². The zero-order valence-corrected chi connectivity index (χ0v) is 9.27. The predicted molar refractivity (Wildman–Crippen MR) is 54.7 cm³/mol. The average Bonchev–Trinajstić information content (AvgIpc) is 2.36. The molecule has 0 spiro atoms. The van der Waals surface area contributed by atoms with Crippen molar-refractivity contribution in [3.05, 3.63) is 29.8 Å². The Hall–Kier alpha value is -2.11. The molecule has 1 aromatic heterocycles. The zero-order chi connectivity index (χ0) is 13.0. The Labute approximate surface area is 96.6 Å². The van der Waals surface area contributed by atoms with Crippen molar-refractivity contribution >= 4 is 17.5 Å². The number of carbonyl (C=O) groups excluding carboxylic acids is 3. The number of Topliss-reactive ketones (excluding diaryl/α,β-unsaturated/α-hetero) is 2. The number of nitrogens with zero attached hydrogens (tertiary/aromatic N) is 1. The van der Waals surface area contributed by atoms with Gasteiger partial charge in [0.2, 0.25) is 0 Å². The van der Waals surface area contributed by atoms with Crippen LogP contribution in [0.15, 0.2) is 18.3 Å². The third kappa shape index (κ3) is 2.93. The lowest BCUT2D eigenvalue weighted by Crippen LogP contribution is -2.29. The minimum absolute atomic E-state index is 0.0730. The second-order valence-electron chi connectivity index (χ2n) is 3.30. The fourth-order valence-corrected chi connectivity index (χ4v) is 1.14. The monoisotopic (exact) mass is 239 g/mol. The van der Waals surface area contributed by atoms with Crippen LogP contribution in [0.25, 0.3) is 0 Å². The van der Waals surface area contributed by atoms with Crippen molar-refractivity contribution in [3.63, 3.8) is 0 Å². The number of hydrogen-bond acceptors (Lipinski definition) is 5. The first-order valence-corrected chi connectivity index (χ1v) is 4.75. The number of hydrogen-bond donors (Lipinski definition) is 0. The van der Waals surface area contributed by atoms with Crippen molar-refractivity contribution in [2.24, 2.45) is 5.92 Å². The number of ketones is 2. The van der Waals surface area contributed by atoms with Gasteiger partial charge in [-0.15, -0.1) is 0 Å². The fourth-order valence-electron chi connectivity index (χ4n) is 1.14. The molecule has 0 N–H and O–H groups in total. The van der Waals surface area contributed by atoms with Crippen LogP contribution in [0.4, 0.5) is 4.39 Å². The summed E-state index contributed by atoms with van der Waals surface area (Å²) in [6.07, 6.45) is 0.864. The third-order valence-corrected chi connectivity index (χ3v) is 2.15. The Kier molecular flexibility index (Phi) is 4.03. The molecule has 0 radical (unpaired) electrons. The quantitative estimate of drug-likeness (QED) is 0.336. The highest BCUT2D eigenvalue weighted by Gasteiger charge is 2.29. The van der Waals surface area contributed by atoms with Crippen molar-refractivity contribution in [1.82, 2.24) is 4.98 Å². The molecule has 0 aliphatic carbocycles. The number of rotatable bonds is 4. The molecule has 1 heterocycles. The van der Waals surface area contributed by atoms with Gasteiger partial charge >= 0.3 is 5.97 Å². The van der Waals surface area contributed by atoms with E-state index < -0.39 is 29.3 Å². The van der Waals surface area contributed by atoms with Gasteiger partial charge in [0.05, 0.1) is 19.2 Å². The van der Waals surface area contributed by atoms with Gasteiger partial charge in [-0.2, -0.15) is 0 Å². The highest BCUT2D eigenvalue weighted by atomic mass is 19.1. The van der Waals surface area contributed by atoms with E-state index in [0.717, 1.165) is 25.4 Å². The first-order valence-electron chi connectivity index (χ1n) is 4.75. The summed E-state index contributed by atoms with van der Waals surface area (Å²) in [5.74, 6) is -4.48. The summed E-state index contributed by atoms with van der Waals surface area (Å²) >= 11 is 0. The van der Waals surface area contributed by atoms with Crippen molar-refractivity contribution in [2.75, 3.05) is 7.11 Å². The van der Waals surface area contributed by atoms with E-state index >= 15 is 0 Å². The van der Waals surface area contributed by atoms with E-state index in [1.807, 2.05) is 0 Å². The topological polar surface area (TPSA) is 73.3 Å². The van der Waals surface area contributed by atoms with Crippen LogP contribution in [0, 0.1) is 11.7 Å². The molecule has 0 saturated carbocycles. The van der Waals surface area contributed by atoms with Gasteiger partial charge < -0.3 is 4.74 Å². The minimum atomic E-state index is -1.19. The molecule has 0 amide bonds. The smallest absolute Gasteiger partial charge is 0.375 e. The van der Waals surface area contributed by atoms with Gasteiger partial charge in [-0.25, -0.2) is 9.18 Å². The molecule has 0 aliphatic heterocycles. The largest absolute Gasteiger partial charge is 0.463 e. The van der Waals surface area contributed by atoms with Crippen LogP contribution in [-0.2, 0) is 14.3 Å². The number of esters is 1. The molecule has 0 aromatic carbocycles. The van der Waals surface area contributed by atoms with E-state index in [2.05, 4.69) is 9.72 Å². The van der Waals surface area contributed by atoms with Gasteiger partial charge in [-0.05, 0) is 19.1 Å². The summed E-state index contributed by atoms with van der Waals surface area (Å²) in [7, 11) is 1.05. The van der Waals surface area contributed by atoms with Gasteiger partial charge in [-0.1, -0.05) is 0 Å². The number of methoxy groups -OCH3 is 1. The molecule has 1 unspecified atom stereocenters. The number of pyridine rings is 1. The third-order valence-electron chi connectivity index (χ3n) is 2.15. The minimum Gasteiger partial charge on any atom is -0.463 e. The molecule has 17 heavy (non-hydrogen) atoms. The first-order chi connectivity index (χ1) is 7.97. The van der Waals surface area contributed by atoms with Gasteiger partial charge in [0, 0.05) is 0 Å². The average molecular weight is 239 g/mol. The van der Waals surface area contributed by atoms with E-state index in [0.29, 0.717) is 0 Å². The first kappa shape index (κ1) is 13.0. The molecule has 1 aromatic rings. The lowest BCUT2D eigenvalue weighted by Gasteiger charge is -2.06. The van der Waals surface area contributed by atoms with E-state index in [4.69, 9.17) is 0 Å². The van der Waals surface area contributed by atoms with Crippen LogP contribution in [0.5, 0.6) is 0 Å². The summed E-state index contributed by atoms with van der Waals surface area (Å²) in [4.78, 5) is 37.5. The van der Waals surface area contributed by atoms with Crippen LogP contribution in [0.1, 0.15) is 17.4 Å². The molecule has 0 bridgehead atoms. The standard InChI is InChI=1S/C11H10FNO4/c1-6(10(15)11(16)17-2)9(14)8-4-3-7(12)5-13-8/h3-6H,1-2H3. The highest BCUT2D eigenvalue weighted by molar-refractivity contribution is 6.39. The van der Waals surface area contributed by atoms with Crippen LogP contribution < -0.4 is 0 Å². The maximum Gasteiger partial charge on any atom is 0.375 e. The van der Waals surface area contributed by atoms with Crippen LogP contribution in [0.2, 0.25) is 0 Å². The Morgan fingerprint density at radius 2 is 2.00 bits per heavy atom. The zero-order valence-electron chi connectivity index (χ0n) is 9.27. The Morgan fingerprint density at radius 1 is 1.35 bits per heavy atom. The molecule has 90 valence electrons. The molecule has 5 nitrogen and oxygen atoms in total. The summed E-state index contributed by atoms with van der Waals surface area (Å²) in [5, 5.41) is 0. The van der Waals surface area contributed by atoms with Gasteiger partial charge in [0.25, 0.3) is 5.78 Å². The lowest BCUT2D eigenvalue weighted by atomic mass is 9.98. The maximum atomic E-state index is 12.6. The van der Waals surface area contributed by atoms with E-state index in [-0.39, 0.29) is 5.69 Å². The highest BCUT2D eigenvalue weighted by Crippen LogP contribution is 2.09. The molecular weight excluding hydrogens is 229 g/mol. The van der Waals surface area contributed by atoms with Gasteiger partial charge in [-0.3, -0.25) is 14.6 Å². The molecular formula is C11H10FNO4. The number of aromatic nitrogens is 1. The van der Waals surface area contributed by atoms with E-state index in [9.17, 15) is 18.8 Å². The van der Waals surface area contributed by atoms with Crippen LogP contribution >= 0.6 is 0 Å². The second kappa shape index (κ2) is 5.29. The van der Waals surface area contributed by atoms with Gasteiger partial charge in [0.1, 0.15) is 11.5 Å². The lowest BCUT2D eigenvalue weighted by molar-refractivity contribution is -0.152. The second-order valence-corrected chi connectivity index (χ2v) is 3.30. The summed E-state index contributed by atoms with van der Waals surface area (Å²) in [6, 6.07) is 2.20. The molecule has 1 atom stereocenters. The fraction of sp³-hybridized carbons (Fsp3) is 0.273. The maximum absolute atomic E-state index is 12.6. The molecule has 0 saturated heterocycles. The summed E-state index contributed by atoms with van der Waals surface area (Å²) < 4.78 is 16.8. The SMILES string of the molecule is COC(=O)C(=O)C(C)C(=O)c1ccc(F)cn1. The van der Waals surface area contributed by atoms with Crippen LogP contribution in [0.3, 0.4) is 0 Å². The predicted octanol–water partition coefficient (Wildman–Crippen LogP) is 0.782. The normalized spacial score (nSPS) is 11.7. The number of carbonyl (C=O) groups is 3. The Morgan fingerprint density at radius 3 is 2.47 bits per heavy atom. The number of ether oxygens (including phenoxy) is 1. The van der Waals surface area contributed by atoms with E-state index in [1.165, 1.54) is 6.92 Å². The molecule has 0 fully saturated rings. The summed E-state index contributed by atoms with van der Waals surface area (Å²) in [5.41, 5.74) is -0.0730. The summed E-state index contributed by atoms with van der Waals surface area (Å²) in [6.45, 7) is 1.27. The Bertz CT molecular complexity index is 455. The molecule has 1 rings (SSSR count). The number of halogens is 1. The van der Waals surface area contributed by atoms with Crippen molar-refractivity contribution in [3.8, 4) is 0 Å². The van der Waals surface area contributed by atoms with E-state index in [1.54, 1.807) is 0 Å². The molecule has 0 aliphatic rings. The van der Waals surface area contributed by atoms with Crippen LogP contribution in [-0.4, -0.2) is 29.6 Å². The molecule has 6 heteroatoms. The van der Waals surface area contributed by atoms with Crippen molar-refractivity contribution < 1.29 is 23.5 Å². The Balaban J connectivity index is 2.87. The van der Waals surface area contributed by atoms with Crippen molar-refractivity contribution in [2.45, 2.75) is 6.92 Å². The van der Waals surface area contributed by atoms with Crippen molar-refractivity contribution in [1.29, 1.82) is 0 Å².